The number of hydrogen-bond donors (Lipinski definition) is 1. The average molecular weight is 325 g/mol. The number of hydrogen-bond acceptors (Lipinski definition) is 2. The lowest BCUT2D eigenvalue weighted by Gasteiger charge is -2.15. The topological polar surface area (TPSA) is 46.3 Å². The van der Waals surface area contributed by atoms with Crippen LogP contribution in [-0.4, -0.2) is 24.4 Å². The van der Waals surface area contributed by atoms with Crippen LogP contribution in [0.2, 0.25) is 5.02 Å². The van der Waals surface area contributed by atoms with E-state index in [0.29, 0.717) is 6.54 Å². The maximum absolute atomic E-state index is 10.9. The standard InChI is InChI=1S/C16H17ClN2O.ClH/c1-19(11-16(18)20)10-12-3-2-4-14(9-12)13-5-7-15(17)8-6-13;/h2-9H,10-11H2,1H3,(H2,18,20);1H. The molecule has 0 bridgehead atoms. The predicted molar refractivity (Wildman–Crippen MR) is 89.7 cm³/mol. The van der Waals surface area contributed by atoms with Crippen molar-refractivity contribution >= 4 is 29.9 Å². The van der Waals surface area contributed by atoms with Gasteiger partial charge in [-0.1, -0.05) is 41.9 Å². The number of amides is 1. The number of benzene rings is 2. The van der Waals surface area contributed by atoms with Gasteiger partial charge in [0, 0.05) is 11.6 Å². The van der Waals surface area contributed by atoms with Gasteiger partial charge in [-0.2, -0.15) is 0 Å². The number of primary amides is 1. The summed E-state index contributed by atoms with van der Waals surface area (Å²) in [6, 6.07) is 16.0. The van der Waals surface area contributed by atoms with Crippen molar-refractivity contribution < 1.29 is 4.79 Å². The van der Waals surface area contributed by atoms with E-state index < -0.39 is 0 Å². The highest BCUT2D eigenvalue weighted by molar-refractivity contribution is 6.30. The molecule has 0 unspecified atom stereocenters. The van der Waals surface area contributed by atoms with E-state index in [9.17, 15) is 4.79 Å². The second kappa shape index (κ2) is 8.03. The minimum Gasteiger partial charge on any atom is -0.369 e. The fourth-order valence-electron chi connectivity index (χ4n) is 2.13. The SMILES string of the molecule is CN(CC(N)=O)Cc1cccc(-c2ccc(Cl)cc2)c1.Cl. The van der Waals surface area contributed by atoms with Crippen LogP contribution in [0.4, 0.5) is 0 Å². The van der Waals surface area contributed by atoms with Crippen LogP contribution in [0.1, 0.15) is 5.56 Å². The van der Waals surface area contributed by atoms with Crippen molar-refractivity contribution in [3.63, 3.8) is 0 Å². The molecule has 0 aliphatic carbocycles. The summed E-state index contributed by atoms with van der Waals surface area (Å²) in [6.45, 7) is 0.940. The van der Waals surface area contributed by atoms with Gasteiger partial charge in [0.25, 0.3) is 0 Å². The van der Waals surface area contributed by atoms with E-state index in [1.54, 1.807) is 0 Å². The van der Waals surface area contributed by atoms with Gasteiger partial charge in [0.2, 0.25) is 5.91 Å². The van der Waals surface area contributed by atoms with E-state index >= 15 is 0 Å². The maximum Gasteiger partial charge on any atom is 0.231 e. The van der Waals surface area contributed by atoms with Crippen molar-refractivity contribution in [1.29, 1.82) is 0 Å². The molecule has 0 aromatic heterocycles. The van der Waals surface area contributed by atoms with Crippen LogP contribution in [0.15, 0.2) is 48.5 Å². The van der Waals surface area contributed by atoms with E-state index in [0.717, 1.165) is 21.7 Å². The Morgan fingerprint density at radius 2 is 1.81 bits per heavy atom. The van der Waals surface area contributed by atoms with Gasteiger partial charge in [-0.15, -0.1) is 12.4 Å². The molecule has 2 aromatic carbocycles. The lowest BCUT2D eigenvalue weighted by molar-refractivity contribution is -0.118. The highest BCUT2D eigenvalue weighted by Gasteiger charge is 2.05. The predicted octanol–water partition coefficient (Wildman–Crippen LogP) is 3.35. The second-order valence-corrected chi connectivity index (χ2v) is 5.28. The van der Waals surface area contributed by atoms with E-state index in [1.807, 2.05) is 48.3 Å². The molecule has 21 heavy (non-hydrogen) atoms. The zero-order chi connectivity index (χ0) is 14.5. The quantitative estimate of drug-likeness (QED) is 0.916. The van der Waals surface area contributed by atoms with Gasteiger partial charge in [-0.3, -0.25) is 9.69 Å². The Morgan fingerprint density at radius 3 is 2.43 bits per heavy atom. The molecule has 0 fully saturated rings. The molecule has 0 spiro atoms. The second-order valence-electron chi connectivity index (χ2n) is 4.85. The third kappa shape index (κ3) is 5.38. The maximum atomic E-state index is 10.9. The zero-order valence-electron chi connectivity index (χ0n) is 11.8. The Labute approximate surface area is 136 Å². The number of halogens is 2. The first-order valence-electron chi connectivity index (χ1n) is 6.36. The van der Waals surface area contributed by atoms with Gasteiger partial charge in [-0.25, -0.2) is 0 Å². The zero-order valence-corrected chi connectivity index (χ0v) is 13.3. The lowest BCUT2D eigenvalue weighted by Crippen LogP contribution is -2.30. The molecule has 0 aliphatic rings. The van der Waals surface area contributed by atoms with Gasteiger partial charge in [-0.05, 0) is 41.9 Å². The molecule has 1 amide bonds. The first-order chi connectivity index (χ1) is 9.54. The first-order valence-corrected chi connectivity index (χ1v) is 6.74. The van der Waals surface area contributed by atoms with Crippen LogP contribution in [-0.2, 0) is 11.3 Å². The summed E-state index contributed by atoms with van der Waals surface area (Å²) >= 11 is 5.90. The molecule has 3 nitrogen and oxygen atoms in total. The van der Waals surface area contributed by atoms with Crippen molar-refractivity contribution in [3.8, 4) is 11.1 Å². The summed E-state index contributed by atoms with van der Waals surface area (Å²) in [6.07, 6.45) is 0. The molecule has 0 saturated heterocycles. The normalized spacial score (nSPS) is 10.2. The largest absolute Gasteiger partial charge is 0.369 e. The van der Waals surface area contributed by atoms with Gasteiger partial charge < -0.3 is 5.73 Å². The highest BCUT2D eigenvalue weighted by Crippen LogP contribution is 2.22. The van der Waals surface area contributed by atoms with Crippen molar-refractivity contribution in [1.82, 2.24) is 4.90 Å². The summed E-state index contributed by atoms with van der Waals surface area (Å²) in [4.78, 5) is 12.8. The summed E-state index contributed by atoms with van der Waals surface area (Å²) in [5, 5.41) is 0.728. The van der Waals surface area contributed by atoms with Crippen LogP contribution < -0.4 is 5.73 Å². The minimum absolute atomic E-state index is 0. The molecular formula is C16H18Cl2N2O. The Hall–Kier alpha value is -1.55. The monoisotopic (exact) mass is 324 g/mol. The molecule has 0 heterocycles. The molecule has 0 radical (unpaired) electrons. The number of likely N-dealkylation sites (N-methyl/N-ethyl adjacent to an activating group) is 1. The Kier molecular flexibility index (Phi) is 6.69. The summed E-state index contributed by atoms with van der Waals surface area (Å²) in [5.41, 5.74) is 8.58. The highest BCUT2D eigenvalue weighted by atomic mass is 35.5. The number of carbonyl (C=O) groups is 1. The summed E-state index contributed by atoms with van der Waals surface area (Å²) in [5.74, 6) is -0.318. The number of nitrogens with two attached hydrogens (primary N) is 1. The molecule has 0 atom stereocenters. The van der Waals surface area contributed by atoms with Gasteiger partial charge in [0.1, 0.15) is 0 Å². The average Bonchev–Trinajstić information content (AvgIpc) is 2.38. The van der Waals surface area contributed by atoms with Crippen LogP contribution in [0.3, 0.4) is 0 Å². The van der Waals surface area contributed by atoms with Crippen molar-refractivity contribution in [2.45, 2.75) is 6.54 Å². The van der Waals surface area contributed by atoms with Crippen LogP contribution in [0.25, 0.3) is 11.1 Å². The lowest BCUT2D eigenvalue weighted by atomic mass is 10.0. The molecule has 0 aliphatic heterocycles. The molecule has 2 N–H and O–H groups in total. The summed E-state index contributed by atoms with van der Waals surface area (Å²) in [7, 11) is 1.87. The van der Waals surface area contributed by atoms with Gasteiger partial charge in [0.15, 0.2) is 0 Å². The molecule has 112 valence electrons. The molecule has 0 saturated carbocycles. The minimum atomic E-state index is -0.318. The third-order valence-corrected chi connectivity index (χ3v) is 3.23. The van der Waals surface area contributed by atoms with Gasteiger partial charge in [0.05, 0.1) is 6.54 Å². The molecule has 2 rings (SSSR count). The van der Waals surface area contributed by atoms with Crippen molar-refractivity contribution in [2.75, 3.05) is 13.6 Å². The molecular weight excluding hydrogens is 307 g/mol. The number of rotatable bonds is 5. The molecule has 5 heteroatoms. The van der Waals surface area contributed by atoms with E-state index in [-0.39, 0.29) is 24.9 Å². The van der Waals surface area contributed by atoms with Crippen molar-refractivity contribution in [3.05, 3.63) is 59.1 Å². The number of carbonyl (C=O) groups excluding carboxylic acids is 1. The fourth-order valence-corrected chi connectivity index (χ4v) is 2.25. The molecule has 2 aromatic rings. The van der Waals surface area contributed by atoms with Crippen LogP contribution in [0.5, 0.6) is 0 Å². The Balaban J connectivity index is 0.00000220. The Bertz CT molecular complexity index is 599. The van der Waals surface area contributed by atoms with Crippen molar-refractivity contribution in [2.24, 2.45) is 5.73 Å². The van der Waals surface area contributed by atoms with Crippen LogP contribution >= 0.6 is 24.0 Å². The smallest absolute Gasteiger partial charge is 0.231 e. The third-order valence-electron chi connectivity index (χ3n) is 2.98. The van der Waals surface area contributed by atoms with Gasteiger partial charge >= 0.3 is 0 Å². The van der Waals surface area contributed by atoms with E-state index in [2.05, 4.69) is 12.1 Å². The van der Waals surface area contributed by atoms with Crippen LogP contribution in [0, 0.1) is 0 Å². The Morgan fingerprint density at radius 1 is 1.14 bits per heavy atom. The van der Waals surface area contributed by atoms with E-state index in [4.69, 9.17) is 17.3 Å². The fraction of sp³-hybridized carbons (Fsp3) is 0.188. The summed E-state index contributed by atoms with van der Waals surface area (Å²) < 4.78 is 0. The van der Waals surface area contributed by atoms with E-state index in [1.165, 1.54) is 0 Å². The number of nitrogens with zero attached hydrogens (tertiary/aromatic N) is 1. The first kappa shape index (κ1) is 17.5.